The van der Waals surface area contributed by atoms with Gasteiger partial charge in [-0.3, -0.25) is 10.7 Å². The van der Waals surface area contributed by atoms with Crippen LogP contribution < -0.4 is 5.84 Å². The van der Waals surface area contributed by atoms with Crippen molar-refractivity contribution in [3.05, 3.63) is 35.4 Å². The van der Waals surface area contributed by atoms with E-state index < -0.39 is 5.97 Å². The van der Waals surface area contributed by atoms with Gasteiger partial charge >= 0.3 is 5.97 Å². The van der Waals surface area contributed by atoms with E-state index in [-0.39, 0.29) is 0 Å². The maximum absolute atomic E-state index is 10.7. The van der Waals surface area contributed by atoms with Gasteiger partial charge in [-0.2, -0.15) is 0 Å². The Morgan fingerprint density at radius 1 is 1.18 bits per heavy atom. The summed E-state index contributed by atoms with van der Waals surface area (Å²) < 4.78 is 0. The molecule has 2 rings (SSSR count). The predicted molar refractivity (Wildman–Crippen MR) is 64.4 cm³/mol. The molecule has 0 spiro atoms. The molecular weight excluding hydrogens is 218 g/mol. The van der Waals surface area contributed by atoms with Gasteiger partial charge in [-0.05, 0) is 17.7 Å². The first-order chi connectivity index (χ1) is 8.15. The Balaban J connectivity index is 1.92. The average Bonchev–Trinajstić information content (AvgIpc) is 2.33. The van der Waals surface area contributed by atoms with E-state index in [1.165, 1.54) is 0 Å². The number of hydrogen-bond donors (Lipinski definition) is 2. The van der Waals surface area contributed by atoms with Gasteiger partial charge in [-0.25, -0.2) is 9.80 Å². The number of benzene rings is 1. The standard InChI is InChI=1S/C12H17N3O2/c13-15-7-5-14(6-8-15)9-10-1-3-11(4-2-10)12(16)17/h1-4H,5-9,13H2,(H,16,17). The van der Waals surface area contributed by atoms with Gasteiger partial charge in [0.25, 0.3) is 0 Å². The molecule has 0 bridgehead atoms. The van der Waals surface area contributed by atoms with Crippen molar-refractivity contribution >= 4 is 5.97 Å². The van der Waals surface area contributed by atoms with Crippen molar-refractivity contribution in [2.24, 2.45) is 5.84 Å². The maximum atomic E-state index is 10.7. The Bertz CT molecular complexity index is 383. The van der Waals surface area contributed by atoms with Gasteiger partial charge in [0.05, 0.1) is 5.56 Å². The topological polar surface area (TPSA) is 69.8 Å². The lowest BCUT2D eigenvalue weighted by Gasteiger charge is -2.31. The number of carboxylic acids is 1. The van der Waals surface area contributed by atoms with Crippen LogP contribution in [-0.2, 0) is 6.54 Å². The number of aromatic carboxylic acids is 1. The van der Waals surface area contributed by atoms with E-state index in [4.69, 9.17) is 10.9 Å². The molecule has 0 aliphatic carbocycles. The lowest BCUT2D eigenvalue weighted by molar-refractivity contribution is 0.0697. The largest absolute Gasteiger partial charge is 0.478 e. The predicted octanol–water partition coefficient (Wildman–Crippen LogP) is 0.376. The highest BCUT2D eigenvalue weighted by molar-refractivity contribution is 5.87. The van der Waals surface area contributed by atoms with E-state index >= 15 is 0 Å². The first-order valence-electron chi connectivity index (χ1n) is 5.69. The summed E-state index contributed by atoms with van der Waals surface area (Å²) in [4.78, 5) is 13.0. The molecule has 1 heterocycles. The molecule has 17 heavy (non-hydrogen) atoms. The summed E-state index contributed by atoms with van der Waals surface area (Å²) in [5.74, 6) is 4.80. The fourth-order valence-corrected chi connectivity index (χ4v) is 1.93. The van der Waals surface area contributed by atoms with E-state index in [0.29, 0.717) is 5.56 Å². The smallest absolute Gasteiger partial charge is 0.335 e. The van der Waals surface area contributed by atoms with Crippen molar-refractivity contribution in [3.8, 4) is 0 Å². The number of carboxylic acid groups (broad SMARTS) is 1. The lowest BCUT2D eigenvalue weighted by atomic mass is 10.1. The maximum Gasteiger partial charge on any atom is 0.335 e. The molecule has 0 atom stereocenters. The number of hydrogen-bond acceptors (Lipinski definition) is 4. The SMILES string of the molecule is NN1CCN(Cc2ccc(C(=O)O)cc2)CC1. The van der Waals surface area contributed by atoms with Crippen molar-refractivity contribution < 1.29 is 9.90 Å². The van der Waals surface area contributed by atoms with Gasteiger partial charge in [-0.1, -0.05) is 12.1 Å². The number of nitrogens with zero attached hydrogens (tertiary/aromatic N) is 2. The van der Waals surface area contributed by atoms with Crippen molar-refractivity contribution in [1.82, 2.24) is 9.91 Å². The number of nitrogens with two attached hydrogens (primary N) is 1. The highest BCUT2D eigenvalue weighted by Crippen LogP contribution is 2.09. The molecule has 0 radical (unpaired) electrons. The molecule has 5 heteroatoms. The zero-order chi connectivity index (χ0) is 12.3. The van der Waals surface area contributed by atoms with Gasteiger partial charge in [0.2, 0.25) is 0 Å². The number of rotatable bonds is 3. The van der Waals surface area contributed by atoms with Gasteiger partial charge in [0.1, 0.15) is 0 Å². The van der Waals surface area contributed by atoms with Crippen molar-refractivity contribution in [3.63, 3.8) is 0 Å². The minimum absolute atomic E-state index is 0.334. The number of piperazine rings is 1. The number of hydrazine groups is 1. The first-order valence-corrected chi connectivity index (χ1v) is 5.69. The summed E-state index contributed by atoms with van der Waals surface area (Å²) >= 11 is 0. The zero-order valence-corrected chi connectivity index (χ0v) is 9.67. The Morgan fingerprint density at radius 2 is 1.76 bits per heavy atom. The molecular formula is C12H17N3O2. The van der Waals surface area contributed by atoms with Crippen LogP contribution in [0, 0.1) is 0 Å². The van der Waals surface area contributed by atoms with Crippen LogP contribution in [0.25, 0.3) is 0 Å². The minimum Gasteiger partial charge on any atom is -0.478 e. The molecule has 1 aromatic carbocycles. The van der Waals surface area contributed by atoms with E-state index in [0.717, 1.165) is 38.3 Å². The summed E-state index contributed by atoms with van der Waals surface area (Å²) in [6.45, 7) is 4.53. The Hall–Kier alpha value is -1.43. The molecule has 5 nitrogen and oxygen atoms in total. The fourth-order valence-electron chi connectivity index (χ4n) is 1.93. The summed E-state index contributed by atoms with van der Waals surface area (Å²) in [5.41, 5.74) is 1.47. The molecule has 1 aromatic rings. The summed E-state index contributed by atoms with van der Waals surface area (Å²) in [5, 5.41) is 10.6. The zero-order valence-electron chi connectivity index (χ0n) is 9.67. The second kappa shape index (κ2) is 5.27. The van der Waals surface area contributed by atoms with Crippen LogP contribution in [0.4, 0.5) is 0 Å². The third-order valence-corrected chi connectivity index (χ3v) is 3.01. The molecule has 1 aliphatic rings. The van der Waals surface area contributed by atoms with Gasteiger partial charge < -0.3 is 5.11 Å². The second-order valence-corrected chi connectivity index (χ2v) is 4.31. The Morgan fingerprint density at radius 3 is 2.29 bits per heavy atom. The highest BCUT2D eigenvalue weighted by Gasteiger charge is 2.14. The third-order valence-electron chi connectivity index (χ3n) is 3.01. The van der Waals surface area contributed by atoms with Gasteiger partial charge in [-0.15, -0.1) is 0 Å². The first kappa shape index (κ1) is 12.0. The van der Waals surface area contributed by atoms with E-state index in [9.17, 15) is 4.79 Å². The molecule has 0 aromatic heterocycles. The minimum atomic E-state index is -0.881. The second-order valence-electron chi connectivity index (χ2n) is 4.31. The van der Waals surface area contributed by atoms with Crippen LogP contribution in [-0.4, -0.2) is 47.2 Å². The highest BCUT2D eigenvalue weighted by atomic mass is 16.4. The van der Waals surface area contributed by atoms with Crippen LogP contribution in [0.5, 0.6) is 0 Å². The Kier molecular flexibility index (Phi) is 3.73. The van der Waals surface area contributed by atoms with Crippen LogP contribution in [0.3, 0.4) is 0 Å². The fraction of sp³-hybridized carbons (Fsp3) is 0.417. The molecule has 1 fully saturated rings. The van der Waals surface area contributed by atoms with E-state index in [2.05, 4.69) is 4.90 Å². The van der Waals surface area contributed by atoms with E-state index in [1.54, 1.807) is 12.1 Å². The van der Waals surface area contributed by atoms with Crippen molar-refractivity contribution in [2.45, 2.75) is 6.54 Å². The van der Waals surface area contributed by atoms with Crippen LogP contribution in [0.2, 0.25) is 0 Å². The molecule has 1 aliphatic heterocycles. The third kappa shape index (κ3) is 3.26. The molecule has 1 saturated heterocycles. The molecule has 92 valence electrons. The van der Waals surface area contributed by atoms with Crippen LogP contribution in [0.1, 0.15) is 15.9 Å². The van der Waals surface area contributed by atoms with Crippen LogP contribution >= 0.6 is 0 Å². The monoisotopic (exact) mass is 235 g/mol. The summed E-state index contributed by atoms with van der Waals surface area (Å²) in [6.07, 6.45) is 0. The molecule has 0 unspecified atom stereocenters. The number of carbonyl (C=O) groups is 1. The summed E-state index contributed by atoms with van der Waals surface area (Å²) in [7, 11) is 0. The normalized spacial score (nSPS) is 18.2. The van der Waals surface area contributed by atoms with E-state index in [1.807, 2.05) is 17.1 Å². The van der Waals surface area contributed by atoms with Crippen molar-refractivity contribution in [2.75, 3.05) is 26.2 Å². The molecule has 0 saturated carbocycles. The van der Waals surface area contributed by atoms with Gasteiger partial charge in [0, 0.05) is 32.7 Å². The summed E-state index contributed by atoms with van der Waals surface area (Å²) in [6, 6.07) is 7.05. The van der Waals surface area contributed by atoms with Gasteiger partial charge in [0.15, 0.2) is 0 Å². The molecule has 3 N–H and O–H groups in total. The molecule has 0 amide bonds. The average molecular weight is 235 g/mol. The quantitative estimate of drug-likeness (QED) is 0.741. The van der Waals surface area contributed by atoms with Crippen LogP contribution in [0.15, 0.2) is 24.3 Å². The van der Waals surface area contributed by atoms with Crippen molar-refractivity contribution in [1.29, 1.82) is 0 Å². The lowest BCUT2D eigenvalue weighted by Crippen LogP contribution is -2.48. The Labute approximate surface area is 100 Å².